The standard InChI is InChI=1S/C10H14Cl2N2O/c11-10(12)2-7(10)3-13-9(15)6-1-8-5-14(8)4-6/h6-8H,1-5H2,(H,13,15)/t6?,7-,8?,14?/m0/s1. The SMILES string of the molecule is O=C(NC[C@@H]1CC1(Cl)Cl)C1CC2CN2C1. The van der Waals surface area contributed by atoms with Crippen molar-refractivity contribution < 1.29 is 4.79 Å². The van der Waals surface area contributed by atoms with E-state index in [9.17, 15) is 4.79 Å². The van der Waals surface area contributed by atoms with Crippen LogP contribution in [-0.4, -0.2) is 40.8 Å². The van der Waals surface area contributed by atoms with Gasteiger partial charge in [-0.3, -0.25) is 9.69 Å². The zero-order valence-electron chi connectivity index (χ0n) is 8.38. The lowest BCUT2D eigenvalue weighted by Gasteiger charge is -2.11. The molecule has 2 saturated heterocycles. The number of piperidine rings is 1. The van der Waals surface area contributed by atoms with Crippen LogP contribution in [0.3, 0.4) is 0 Å². The maximum Gasteiger partial charge on any atom is 0.224 e. The van der Waals surface area contributed by atoms with Crippen LogP contribution in [0.15, 0.2) is 0 Å². The molecule has 3 fully saturated rings. The zero-order chi connectivity index (χ0) is 10.6. The quantitative estimate of drug-likeness (QED) is 0.597. The number of hydrogen-bond acceptors (Lipinski definition) is 2. The summed E-state index contributed by atoms with van der Waals surface area (Å²) in [5.74, 6) is 0.627. The van der Waals surface area contributed by atoms with Crippen LogP contribution in [-0.2, 0) is 4.79 Å². The molecule has 4 atom stereocenters. The molecule has 2 aliphatic heterocycles. The zero-order valence-corrected chi connectivity index (χ0v) is 9.89. The van der Waals surface area contributed by atoms with Gasteiger partial charge in [0.2, 0.25) is 5.91 Å². The lowest BCUT2D eigenvalue weighted by atomic mass is 10.1. The minimum absolute atomic E-state index is 0.179. The van der Waals surface area contributed by atoms with E-state index in [2.05, 4.69) is 10.2 Å². The predicted octanol–water partition coefficient (Wildman–Crippen LogP) is 1.00. The van der Waals surface area contributed by atoms with Crippen LogP contribution in [0, 0.1) is 11.8 Å². The number of carbonyl (C=O) groups excluding carboxylic acids is 1. The van der Waals surface area contributed by atoms with Crippen LogP contribution in [0.5, 0.6) is 0 Å². The van der Waals surface area contributed by atoms with E-state index in [4.69, 9.17) is 23.2 Å². The largest absolute Gasteiger partial charge is 0.355 e. The van der Waals surface area contributed by atoms with E-state index in [0.717, 1.165) is 19.4 Å². The number of fused-ring (bicyclic) bond motifs is 1. The number of nitrogens with zero attached hydrogens (tertiary/aromatic N) is 1. The van der Waals surface area contributed by atoms with Crippen molar-refractivity contribution >= 4 is 29.1 Å². The van der Waals surface area contributed by atoms with E-state index >= 15 is 0 Å². The smallest absolute Gasteiger partial charge is 0.224 e. The number of amides is 1. The van der Waals surface area contributed by atoms with E-state index in [1.54, 1.807) is 0 Å². The summed E-state index contributed by atoms with van der Waals surface area (Å²) in [6.45, 7) is 2.76. The van der Waals surface area contributed by atoms with Gasteiger partial charge in [0, 0.05) is 31.6 Å². The molecule has 84 valence electrons. The second-order valence-electron chi connectivity index (χ2n) is 4.95. The van der Waals surface area contributed by atoms with Crippen molar-refractivity contribution in [3.05, 3.63) is 0 Å². The molecule has 1 saturated carbocycles. The van der Waals surface area contributed by atoms with Crippen molar-refractivity contribution in [1.82, 2.24) is 10.2 Å². The molecule has 1 aliphatic carbocycles. The molecule has 0 aromatic carbocycles. The Bertz CT molecular complexity index is 298. The minimum Gasteiger partial charge on any atom is -0.355 e. The van der Waals surface area contributed by atoms with Gasteiger partial charge in [0.15, 0.2) is 0 Å². The Morgan fingerprint density at radius 1 is 1.47 bits per heavy atom. The van der Waals surface area contributed by atoms with E-state index in [1.165, 1.54) is 6.54 Å². The molecule has 3 aliphatic rings. The topological polar surface area (TPSA) is 32.1 Å². The highest BCUT2D eigenvalue weighted by molar-refractivity contribution is 6.50. The third-order valence-corrected chi connectivity index (χ3v) is 4.61. The third-order valence-electron chi connectivity index (χ3n) is 3.69. The maximum absolute atomic E-state index is 11.7. The molecule has 0 radical (unpaired) electrons. The molecule has 15 heavy (non-hydrogen) atoms. The molecule has 0 bridgehead atoms. The van der Waals surface area contributed by atoms with Crippen LogP contribution >= 0.6 is 23.2 Å². The Kier molecular flexibility index (Phi) is 2.21. The van der Waals surface area contributed by atoms with Gasteiger partial charge in [-0.2, -0.15) is 0 Å². The van der Waals surface area contributed by atoms with Crippen molar-refractivity contribution in [2.24, 2.45) is 11.8 Å². The summed E-state index contributed by atoms with van der Waals surface area (Å²) in [4.78, 5) is 14.1. The Labute approximate surface area is 99.1 Å². The number of carbonyl (C=O) groups is 1. The average molecular weight is 249 g/mol. The first-order valence-electron chi connectivity index (χ1n) is 5.46. The van der Waals surface area contributed by atoms with Crippen LogP contribution in [0.25, 0.3) is 0 Å². The predicted molar refractivity (Wildman–Crippen MR) is 59.0 cm³/mol. The second kappa shape index (κ2) is 3.25. The van der Waals surface area contributed by atoms with Gasteiger partial charge in [-0.1, -0.05) is 0 Å². The number of halogens is 2. The Morgan fingerprint density at radius 3 is 2.73 bits per heavy atom. The summed E-state index contributed by atoms with van der Waals surface area (Å²) in [7, 11) is 0. The van der Waals surface area contributed by atoms with Gasteiger partial charge in [-0.25, -0.2) is 0 Å². The van der Waals surface area contributed by atoms with E-state index in [1.807, 2.05) is 0 Å². The molecule has 1 N–H and O–H groups in total. The van der Waals surface area contributed by atoms with Crippen LogP contribution in [0.1, 0.15) is 12.8 Å². The minimum atomic E-state index is -0.575. The van der Waals surface area contributed by atoms with Crippen LogP contribution < -0.4 is 5.32 Å². The first-order chi connectivity index (χ1) is 7.06. The molecular weight excluding hydrogens is 235 g/mol. The van der Waals surface area contributed by atoms with E-state index < -0.39 is 4.33 Å². The lowest BCUT2D eigenvalue weighted by molar-refractivity contribution is -0.124. The highest BCUT2D eigenvalue weighted by Crippen LogP contribution is 2.52. The van der Waals surface area contributed by atoms with Crippen molar-refractivity contribution in [3.8, 4) is 0 Å². The maximum atomic E-state index is 11.7. The van der Waals surface area contributed by atoms with Gasteiger partial charge in [0.25, 0.3) is 0 Å². The summed E-state index contributed by atoms with van der Waals surface area (Å²) >= 11 is 11.8. The number of hydrogen-bond donors (Lipinski definition) is 1. The highest BCUT2D eigenvalue weighted by atomic mass is 35.5. The van der Waals surface area contributed by atoms with Crippen LogP contribution in [0.2, 0.25) is 0 Å². The molecule has 5 heteroatoms. The van der Waals surface area contributed by atoms with Crippen molar-refractivity contribution in [3.63, 3.8) is 0 Å². The normalized spacial score (nSPS) is 44.7. The number of rotatable bonds is 3. The summed E-state index contributed by atoms with van der Waals surface area (Å²) in [6, 6.07) is 0.696. The Balaban J connectivity index is 1.42. The van der Waals surface area contributed by atoms with E-state index in [0.29, 0.717) is 12.6 Å². The van der Waals surface area contributed by atoms with Crippen molar-refractivity contribution in [2.75, 3.05) is 19.6 Å². The fraction of sp³-hybridized carbons (Fsp3) is 0.900. The molecule has 0 aromatic rings. The summed E-state index contributed by atoms with van der Waals surface area (Å²) in [5, 5.41) is 2.95. The fourth-order valence-corrected chi connectivity index (χ4v) is 2.93. The van der Waals surface area contributed by atoms with Gasteiger partial charge in [0.1, 0.15) is 4.33 Å². The molecule has 1 amide bonds. The molecule has 3 rings (SSSR count). The summed E-state index contributed by atoms with van der Waals surface area (Å²) in [5.41, 5.74) is 0. The second-order valence-corrected chi connectivity index (χ2v) is 6.49. The first-order valence-corrected chi connectivity index (χ1v) is 6.21. The molecule has 0 spiro atoms. The summed E-state index contributed by atoms with van der Waals surface area (Å²) < 4.78 is -0.575. The molecule has 3 unspecified atom stereocenters. The van der Waals surface area contributed by atoms with Gasteiger partial charge >= 0.3 is 0 Å². The monoisotopic (exact) mass is 248 g/mol. The molecule has 2 heterocycles. The third kappa shape index (κ3) is 1.97. The average Bonchev–Trinajstić information content (AvgIpc) is 3.00. The molecule has 3 nitrogen and oxygen atoms in total. The van der Waals surface area contributed by atoms with Crippen molar-refractivity contribution in [1.29, 1.82) is 0 Å². The van der Waals surface area contributed by atoms with Gasteiger partial charge in [0.05, 0.1) is 5.92 Å². The number of nitrogens with one attached hydrogen (secondary N) is 1. The van der Waals surface area contributed by atoms with Gasteiger partial charge in [-0.05, 0) is 12.8 Å². The Morgan fingerprint density at radius 2 is 2.20 bits per heavy atom. The number of alkyl halides is 2. The fourth-order valence-electron chi connectivity index (χ4n) is 2.41. The lowest BCUT2D eigenvalue weighted by Crippen LogP contribution is -2.34. The Hall–Kier alpha value is 0.01000. The highest BCUT2D eigenvalue weighted by Gasteiger charge is 2.52. The molecular formula is C10H14Cl2N2O. The van der Waals surface area contributed by atoms with Gasteiger partial charge < -0.3 is 5.32 Å². The van der Waals surface area contributed by atoms with Gasteiger partial charge in [-0.15, -0.1) is 23.2 Å². The first kappa shape index (κ1) is 10.2. The summed E-state index contributed by atoms with van der Waals surface area (Å²) in [6.07, 6.45) is 1.83. The van der Waals surface area contributed by atoms with Crippen LogP contribution in [0.4, 0.5) is 0 Å². The van der Waals surface area contributed by atoms with E-state index in [-0.39, 0.29) is 17.7 Å². The van der Waals surface area contributed by atoms with Crippen molar-refractivity contribution in [2.45, 2.75) is 23.2 Å². The molecule has 0 aromatic heterocycles.